The Morgan fingerprint density at radius 3 is 1.56 bits per heavy atom. The number of benzene rings is 12. The highest BCUT2D eigenvalue weighted by molar-refractivity contribution is 6.27. The molecule has 0 aromatic heterocycles. The topological polar surface area (TPSA) is 0 Å². The SMILES string of the molecule is [2H]c1c([2H])c([2H])c(-c2c(-c3c([2H])c([2H])c4c(c3[2H])C(C([2H])([2H])[2H])(C([2H])([2H])[2H])c3c([2H])c([2H])c([2H])c([2H])c3-4)cc(-c3ccc4ccc5cccc6ccc3c4c56)cc2-c2ccc3ccc4cccc5ccc2c3c45)c([2H])c1[2H]. The van der Waals surface area contributed by atoms with Crippen LogP contribution in [0.15, 0.2) is 194 Å². The standard InChI is InChI=1S/C59H38/c1-59(2)52-17-7-6-16-46(52)47-29-26-42(34-53(47)59)50-32-43(44-27-22-40-20-18-36-12-8-14-38-24-30-48(44)57(40)54(36)38)33-51(56(50)35-10-4-3-5-11-35)45-28-23-41-21-19-37-13-9-15-39-25-31-49(45)58(41)55(37)39/h3-34H,1-2H3/i1D3,2D3,3D,4D,5D,6D,7D,10D,11D,16D,17D,26D,29D,34D. The Morgan fingerprint density at radius 2 is 0.898 bits per heavy atom. The van der Waals surface area contributed by atoms with Gasteiger partial charge in [-0.25, -0.2) is 0 Å². The van der Waals surface area contributed by atoms with Gasteiger partial charge in [0.05, 0.1) is 16.4 Å². The average molecular weight is 765 g/mol. The van der Waals surface area contributed by atoms with Crippen molar-refractivity contribution in [1.29, 1.82) is 0 Å². The Kier molecular flexibility index (Phi) is 4.01. The molecule has 0 saturated carbocycles. The van der Waals surface area contributed by atoms with E-state index in [1.54, 1.807) is 6.07 Å². The van der Waals surface area contributed by atoms with Crippen LogP contribution in [0, 0.1) is 0 Å². The van der Waals surface area contributed by atoms with Gasteiger partial charge in [-0.05, 0) is 150 Å². The molecule has 0 radical (unpaired) electrons. The van der Waals surface area contributed by atoms with Gasteiger partial charge >= 0.3 is 0 Å². The molecule has 0 aliphatic heterocycles. The predicted molar refractivity (Wildman–Crippen MR) is 253 cm³/mol. The normalized spacial score (nSPS) is 18.2. The molecule has 12 aromatic carbocycles. The Morgan fingerprint density at radius 1 is 0.373 bits per heavy atom. The lowest BCUT2D eigenvalue weighted by molar-refractivity contribution is 0.660. The van der Waals surface area contributed by atoms with Crippen molar-refractivity contribution in [3.63, 3.8) is 0 Å². The summed E-state index contributed by atoms with van der Waals surface area (Å²) in [6.45, 7) is -7.41. The van der Waals surface area contributed by atoms with Gasteiger partial charge in [0.1, 0.15) is 0 Å². The molecular weight excluding hydrogens is 709 g/mol. The maximum absolute atomic E-state index is 10.4. The van der Waals surface area contributed by atoms with Crippen LogP contribution in [-0.4, -0.2) is 0 Å². The van der Waals surface area contributed by atoms with E-state index in [2.05, 4.69) is 0 Å². The summed E-state index contributed by atoms with van der Waals surface area (Å²) in [5.74, 6) is 0. The third-order valence-electron chi connectivity index (χ3n) is 12.3. The van der Waals surface area contributed by atoms with Gasteiger partial charge < -0.3 is 0 Å². The molecule has 1 aliphatic rings. The van der Waals surface area contributed by atoms with E-state index in [9.17, 15) is 6.85 Å². The van der Waals surface area contributed by atoms with Gasteiger partial charge in [0.25, 0.3) is 0 Å². The van der Waals surface area contributed by atoms with Crippen LogP contribution in [0.5, 0.6) is 0 Å². The maximum atomic E-state index is 10.4. The maximum Gasteiger partial charge on any atom is 0.0633 e. The lowest BCUT2D eigenvalue weighted by Gasteiger charge is -2.24. The fourth-order valence-corrected chi connectivity index (χ4v) is 9.72. The highest BCUT2D eigenvalue weighted by Crippen LogP contribution is 2.52. The third-order valence-corrected chi connectivity index (χ3v) is 12.3. The van der Waals surface area contributed by atoms with Gasteiger partial charge in [0.15, 0.2) is 0 Å². The smallest absolute Gasteiger partial charge is 0.0622 e. The zero-order valence-corrected chi connectivity index (χ0v) is 31.0. The second-order valence-corrected chi connectivity index (χ2v) is 15.4. The summed E-state index contributed by atoms with van der Waals surface area (Å²) < 4.78 is 167. The Labute approximate surface area is 368 Å². The summed E-state index contributed by atoms with van der Waals surface area (Å²) in [5, 5.41) is 10.8. The summed E-state index contributed by atoms with van der Waals surface area (Å²) in [6, 6.07) is 29.3. The first-order chi connectivity index (χ1) is 36.5. The zero-order chi connectivity index (χ0) is 54.4. The lowest BCUT2D eigenvalue weighted by Crippen LogP contribution is -2.14. The van der Waals surface area contributed by atoms with Crippen molar-refractivity contribution in [2.75, 3.05) is 0 Å². The Hall–Kier alpha value is -7.28. The minimum atomic E-state index is -3.70. The van der Waals surface area contributed by atoms with Crippen molar-refractivity contribution in [3.8, 4) is 55.6 Å². The average Bonchev–Trinajstić information content (AvgIpc) is 3.08. The highest BCUT2D eigenvalue weighted by Gasteiger charge is 2.35. The van der Waals surface area contributed by atoms with Crippen LogP contribution < -0.4 is 0 Å². The van der Waals surface area contributed by atoms with E-state index in [1.807, 2.05) is 115 Å². The largest absolute Gasteiger partial charge is 0.0633 e. The van der Waals surface area contributed by atoms with Crippen LogP contribution in [0.4, 0.5) is 0 Å². The minimum absolute atomic E-state index is 0.104. The van der Waals surface area contributed by atoms with Gasteiger partial charge in [-0.1, -0.05) is 189 Å². The Bertz CT molecular complexity index is 4550. The number of hydrogen-bond acceptors (Lipinski definition) is 0. The summed E-state index contributed by atoms with van der Waals surface area (Å²) in [4.78, 5) is 0. The molecule has 0 heterocycles. The van der Waals surface area contributed by atoms with Crippen LogP contribution in [0.3, 0.4) is 0 Å². The van der Waals surface area contributed by atoms with Gasteiger partial charge in [-0.2, -0.15) is 0 Å². The fraction of sp³-hybridized carbons (Fsp3) is 0.0508. The molecular formula is C59H38. The summed E-state index contributed by atoms with van der Waals surface area (Å²) in [6.07, 6.45) is 0. The first-order valence-corrected chi connectivity index (χ1v) is 19.4. The van der Waals surface area contributed by atoms with Crippen LogP contribution in [0.1, 0.15) is 49.5 Å². The lowest BCUT2D eigenvalue weighted by atomic mass is 9.79. The van der Waals surface area contributed by atoms with Crippen LogP contribution in [0.2, 0.25) is 0 Å². The van der Waals surface area contributed by atoms with Crippen molar-refractivity contribution < 1.29 is 24.7 Å². The Balaban J connectivity index is 1.28. The van der Waals surface area contributed by atoms with E-state index in [0.717, 1.165) is 59.2 Å². The molecule has 1 aliphatic carbocycles. The molecule has 0 amide bonds. The molecule has 0 unspecified atom stereocenters. The van der Waals surface area contributed by atoms with E-state index in [4.69, 9.17) is 17.8 Å². The molecule has 0 saturated heterocycles. The molecule has 0 bridgehead atoms. The minimum Gasteiger partial charge on any atom is -0.0622 e. The van der Waals surface area contributed by atoms with E-state index >= 15 is 0 Å². The first kappa shape index (κ1) is 19.9. The summed E-state index contributed by atoms with van der Waals surface area (Å²) in [5.41, 5.74) is -5.71. The van der Waals surface area contributed by atoms with Gasteiger partial charge in [0, 0.05) is 13.6 Å². The molecule has 0 heteroatoms. The fourth-order valence-electron chi connectivity index (χ4n) is 9.72. The van der Waals surface area contributed by atoms with Crippen LogP contribution in [-0.2, 0) is 5.41 Å². The first-order valence-electron chi connectivity index (χ1n) is 28.4. The molecule has 0 fully saturated rings. The third kappa shape index (κ3) is 4.55. The van der Waals surface area contributed by atoms with Crippen LogP contribution >= 0.6 is 0 Å². The van der Waals surface area contributed by atoms with Crippen molar-refractivity contribution in [2.45, 2.75) is 19.1 Å². The number of rotatable bonds is 4. The van der Waals surface area contributed by atoms with Crippen molar-refractivity contribution in [2.24, 2.45) is 0 Å². The van der Waals surface area contributed by atoms with Crippen molar-refractivity contribution in [3.05, 3.63) is 205 Å². The van der Waals surface area contributed by atoms with E-state index in [0.29, 0.717) is 22.1 Å². The van der Waals surface area contributed by atoms with E-state index in [1.165, 1.54) is 0 Å². The molecule has 0 N–H and O–H groups in total. The summed E-state index contributed by atoms with van der Waals surface area (Å²) >= 11 is 0. The van der Waals surface area contributed by atoms with Crippen molar-refractivity contribution in [1.82, 2.24) is 0 Å². The second kappa shape index (κ2) is 11.9. The summed E-state index contributed by atoms with van der Waals surface area (Å²) in [7, 11) is 0. The molecule has 13 rings (SSSR count). The monoisotopic (exact) mass is 764 g/mol. The van der Waals surface area contributed by atoms with E-state index < -0.39 is 119 Å². The van der Waals surface area contributed by atoms with Gasteiger partial charge in [-0.15, -0.1) is 0 Å². The van der Waals surface area contributed by atoms with Crippen molar-refractivity contribution >= 4 is 64.6 Å². The van der Waals surface area contributed by atoms with Crippen LogP contribution in [0.25, 0.3) is 120 Å². The predicted octanol–water partition coefficient (Wildman–Crippen LogP) is 16.5. The van der Waals surface area contributed by atoms with Gasteiger partial charge in [0.2, 0.25) is 0 Å². The molecule has 0 spiro atoms. The van der Waals surface area contributed by atoms with Gasteiger partial charge in [-0.3, -0.25) is 0 Å². The number of fused-ring (bicyclic) bond motifs is 3. The molecule has 0 atom stereocenters. The quantitative estimate of drug-likeness (QED) is 0.157. The second-order valence-electron chi connectivity index (χ2n) is 15.4. The number of hydrogen-bond donors (Lipinski definition) is 0. The highest BCUT2D eigenvalue weighted by atomic mass is 14.4. The zero-order valence-electron chi connectivity index (χ0n) is 49.0. The molecule has 59 heavy (non-hydrogen) atoms. The molecule has 0 nitrogen and oxygen atoms in total. The molecule has 12 aromatic rings. The van der Waals surface area contributed by atoms with E-state index in [-0.39, 0.29) is 22.3 Å². The molecule has 274 valence electrons.